The number of rotatable bonds is 4. The predicted octanol–water partition coefficient (Wildman–Crippen LogP) is 1.36. The molecule has 0 bridgehead atoms. The van der Waals surface area contributed by atoms with Gasteiger partial charge in [0.2, 0.25) is 0 Å². The maximum atomic E-state index is 5.35. The molecule has 2 nitrogen and oxygen atoms in total. The zero-order chi connectivity index (χ0) is 9.56. The van der Waals surface area contributed by atoms with Gasteiger partial charge in [-0.15, -0.1) is 0 Å². The van der Waals surface area contributed by atoms with E-state index in [1.165, 1.54) is 5.70 Å². The van der Waals surface area contributed by atoms with Crippen LogP contribution in [0.2, 0.25) is 0 Å². The fourth-order valence-corrected chi connectivity index (χ4v) is 1.03. The normalized spacial score (nSPS) is 11.5. The number of hydrogen-bond acceptors (Lipinski definition) is 2. The first kappa shape index (κ1) is 11.1. The summed E-state index contributed by atoms with van der Waals surface area (Å²) >= 11 is 0. The van der Waals surface area contributed by atoms with Crippen molar-refractivity contribution in [2.24, 2.45) is 0 Å². The van der Waals surface area contributed by atoms with Crippen molar-refractivity contribution in [2.45, 2.75) is 13.8 Å². The van der Waals surface area contributed by atoms with E-state index in [4.69, 9.17) is 6.42 Å². The third-order valence-corrected chi connectivity index (χ3v) is 1.63. The van der Waals surface area contributed by atoms with Crippen LogP contribution in [0, 0.1) is 12.5 Å². The molecule has 0 amide bonds. The van der Waals surface area contributed by atoms with Crippen LogP contribution in [0.5, 0.6) is 0 Å². The van der Waals surface area contributed by atoms with Crippen LogP contribution in [0.4, 0.5) is 0 Å². The van der Waals surface area contributed by atoms with Crippen LogP contribution in [0.1, 0.15) is 13.8 Å². The molecule has 0 aliphatic rings. The van der Waals surface area contributed by atoms with Gasteiger partial charge in [-0.05, 0) is 27.9 Å². The number of likely N-dealkylation sites (N-methyl/N-ethyl adjacent to an activating group) is 2. The smallest absolute Gasteiger partial charge is 0.0384 e. The van der Waals surface area contributed by atoms with Gasteiger partial charge in [-0.3, -0.25) is 0 Å². The highest BCUT2D eigenvalue weighted by Crippen LogP contribution is 2.02. The summed E-state index contributed by atoms with van der Waals surface area (Å²) in [6, 6.07) is 2.65. The summed E-state index contributed by atoms with van der Waals surface area (Å²) in [5.41, 5.74) is 1.19. The van der Waals surface area contributed by atoms with Crippen molar-refractivity contribution in [2.75, 3.05) is 27.2 Å². The van der Waals surface area contributed by atoms with Crippen LogP contribution in [0.15, 0.2) is 11.8 Å². The van der Waals surface area contributed by atoms with Crippen molar-refractivity contribution in [3.63, 3.8) is 0 Å². The lowest BCUT2D eigenvalue weighted by atomic mass is 10.3. The SMILES string of the molecule is C#CN(CC)/C(=C/C)CN(C)C. The zero-order valence-electron chi connectivity index (χ0n) is 8.46. The molecule has 0 unspecified atom stereocenters. The zero-order valence-corrected chi connectivity index (χ0v) is 8.46. The van der Waals surface area contributed by atoms with E-state index < -0.39 is 0 Å². The van der Waals surface area contributed by atoms with E-state index in [0.717, 1.165) is 13.1 Å². The standard InChI is InChI=1S/C10H18N2/c1-6-10(9-11(4)5)12(7-2)8-3/h2,6H,8-9H2,1,3-5H3/b10-6+. The molecule has 0 spiro atoms. The number of nitrogens with zero attached hydrogens (tertiary/aromatic N) is 2. The Kier molecular flexibility index (Phi) is 5.23. The average molecular weight is 166 g/mol. The highest BCUT2D eigenvalue weighted by atomic mass is 15.2. The quantitative estimate of drug-likeness (QED) is 0.459. The van der Waals surface area contributed by atoms with Gasteiger partial charge in [0.15, 0.2) is 0 Å². The molecule has 0 N–H and O–H groups in total. The molecule has 0 fully saturated rings. The minimum atomic E-state index is 0.865. The van der Waals surface area contributed by atoms with E-state index in [2.05, 4.69) is 23.9 Å². The third kappa shape index (κ3) is 3.45. The fourth-order valence-electron chi connectivity index (χ4n) is 1.03. The summed E-state index contributed by atoms with van der Waals surface area (Å²) in [6.45, 7) is 5.83. The van der Waals surface area contributed by atoms with Crippen molar-refractivity contribution < 1.29 is 0 Å². The number of hydrogen-bond donors (Lipinski definition) is 0. The summed E-state index contributed by atoms with van der Waals surface area (Å²) in [7, 11) is 4.07. The molecule has 0 aliphatic carbocycles. The van der Waals surface area contributed by atoms with E-state index in [0.29, 0.717) is 0 Å². The minimum Gasteiger partial charge on any atom is -0.305 e. The van der Waals surface area contributed by atoms with Gasteiger partial charge in [-0.25, -0.2) is 0 Å². The second kappa shape index (κ2) is 5.68. The van der Waals surface area contributed by atoms with E-state index >= 15 is 0 Å². The molecule has 68 valence electrons. The van der Waals surface area contributed by atoms with Gasteiger partial charge >= 0.3 is 0 Å². The van der Waals surface area contributed by atoms with Crippen LogP contribution < -0.4 is 0 Å². The van der Waals surface area contributed by atoms with Gasteiger partial charge < -0.3 is 9.80 Å². The van der Waals surface area contributed by atoms with Gasteiger partial charge in [-0.1, -0.05) is 12.5 Å². The molecule has 0 aliphatic heterocycles. The maximum absolute atomic E-state index is 5.35. The monoisotopic (exact) mass is 166 g/mol. The van der Waals surface area contributed by atoms with Crippen LogP contribution in [-0.2, 0) is 0 Å². The van der Waals surface area contributed by atoms with E-state index in [9.17, 15) is 0 Å². The van der Waals surface area contributed by atoms with Crippen molar-refractivity contribution in [3.8, 4) is 12.5 Å². The molecule has 0 heterocycles. The van der Waals surface area contributed by atoms with Gasteiger partial charge in [-0.2, -0.15) is 0 Å². The Morgan fingerprint density at radius 3 is 2.33 bits per heavy atom. The first-order chi connectivity index (χ1) is 5.65. The van der Waals surface area contributed by atoms with Crippen LogP contribution >= 0.6 is 0 Å². The molecule has 12 heavy (non-hydrogen) atoms. The summed E-state index contributed by atoms with van der Waals surface area (Å²) in [5.74, 6) is 0. The minimum absolute atomic E-state index is 0.865. The summed E-state index contributed by atoms with van der Waals surface area (Å²) in [5, 5.41) is 0. The largest absolute Gasteiger partial charge is 0.305 e. The molecule has 0 aromatic heterocycles. The van der Waals surface area contributed by atoms with Gasteiger partial charge in [0.25, 0.3) is 0 Å². The van der Waals surface area contributed by atoms with Crippen molar-refractivity contribution >= 4 is 0 Å². The Labute approximate surface area is 75.9 Å². The molecule has 0 atom stereocenters. The molecular formula is C10H18N2. The first-order valence-electron chi connectivity index (χ1n) is 4.19. The van der Waals surface area contributed by atoms with E-state index in [-0.39, 0.29) is 0 Å². The molecule has 0 aromatic rings. The molecular weight excluding hydrogens is 148 g/mol. The van der Waals surface area contributed by atoms with Crippen LogP contribution in [0.25, 0.3) is 0 Å². The first-order valence-corrected chi connectivity index (χ1v) is 4.19. The average Bonchev–Trinajstić information content (AvgIpc) is 2.04. The van der Waals surface area contributed by atoms with E-state index in [1.807, 2.05) is 25.9 Å². The van der Waals surface area contributed by atoms with Crippen LogP contribution in [0.3, 0.4) is 0 Å². The lowest BCUT2D eigenvalue weighted by Crippen LogP contribution is -2.25. The summed E-state index contributed by atoms with van der Waals surface area (Å²) < 4.78 is 0. The van der Waals surface area contributed by atoms with Crippen molar-refractivity contribution in [1.82, 2.24) is 9.80 Å². The summed E-state index contributed by atoms with van der Waals surface area (Å²) in [4.78, 5) is 4.02. The van der Waals surface area contributed by atoms with Gasteiger partial charge in [0.1, 0.15) is 0 Å². The lowest BCUT2D eigenvalue weighted by Gasteiger charge is -2.21. The second-order valence-corrected chi connectivity index (χ2v) is 2.89. The predicted molar refractivity (Wildman–Crippen MR) is 53.5 cm³/mol. The molecule has 2 heteroatoms. The van der Waals surface area contributed by atoms with Gasteiger partial charge in [0, 0.05) is 24.8 Å². The lowest BCUT2D eigenvalue weighted by molar-refractivity contribution is 0.385. The topological polar surface area (TPSA) is 6.48 Å². The third-order valence-electron chi connectivity index (χ3n) is 1.63. The summed E-state index contributed by atoms with van der Waals surface area (Å²) in [6.07, 6.45) is 7.41. The molecule has 0 radical (unpaired) electrons. The van der Waals surface area contributed by atoms with Crippen LogP contribution in [-0.4, -0.2) is 37.0 Å². The molecule has 0 saturated carbocycles. The Morgan fingerprint density at radius 2 is 2.08 bits per heavy atom. The Hall–Kier alpha value is -0.940. The molecule has 0 aromatic carbocycles. The Bertz CT molecular complexity index is 187. The number of terminal acetylenes is 1. The molecule has 0 rings (SSSR count). The van der Waals surface area contributed by atoms with Gasteiger partial charge in [0.05, 0.1) is 0 Å². The Balaban J connectivity index is 4.26. The maximum Gasteiger partial charge on any atom is 0.0384 e. The Morgan fingerprint density at radius 1 is 1.50 bits per heavy atom. The fraction of sp³-hybridized carbons (Fsp3) is 0.600. The highest BCUT2D eigenvalue weighted by molar-refractivity contribution is 5.08. The molecule has 0 saturated heterocycles. The second-order valence-electron chi connectivity index (χ2n) is 2.89. The highest BCUT2D eigenvalue weighted by Gasteiger charge is 2.03. The van der Waals surface area contributed by atoms with Crippen molar-refractivity contribution in [3.05, 3.63) is 11.8 Å². The van der Waals surface area contributed by atoms with Crippen molar-refractivity contribution in [1.29, 1.82) is 0 Å². The number of allylic oxidation sites excluding steroid dienone is 1. The van der Waals surface area contributed by atoms with E-state index in [1.54, 1.807) is 0 Å².